The summed E-state index contributed by atoms with van der Waals surface area (Å²) in [7, 11) is 1.64. The van der Waals surface area contributed by atoms with E-state index >= 15 is 0 Å². The van der Waals surface area contributed by atoms with Crippen molar-refractivity contribution in [1.29, 1.82) is 0 Å². The van der Waals surface area contributed by atoms with Gasteiger partial charge in [-0.1, -0.05) is 19.0 Å². The van der Waals surface area contributed by atoms with E-state index < -0.39 is 0 Å². The lowest BCUT2D eigenvalue weighted by atomic mass is 10.1. The standard InChI is InChI=1S/C12H20N2O3/c1-8(2)11-7-10(14-17-11)12(15)13-9(3)5-6-16-4/h7-9H,5-6H2,1-4H3,(H,13,15)/t9-/m1/s1. The van der Waals surface area contributed by atoms with Crippen LogP contribution in [-0.2, 0) is 4.74 Å². The van der Waals surface area contributed by atoms with Gasteiger partial charge >= 0.3 is 0 Å². The molecule has 0 bridgehead atoms. The minimum Gasteiger partial charge on any atom is -0.385 e. The Balaban J connectivity index is 2.51. The van der Waals surface area contributed by atoms with Gasteiger partial charge in [0.15, 0.2) is 5.69 Å². The Labute approximate surface area is 102 Å². The van der Waals surface area contributed by atoms with Crippen LogP contribution < -0.4 is 5.32 Å². The van der Waals surface area contributed by atoms with Crippen LogP contribution in [-0.4, -0.2) is 30.8 Å². The lowest BCUT2D eigenvalue weighted by Crippen LogP contribution is -2.33. The van der Waals surface area contributed by atoms with Crippen LogP contribution in [0.5, 0.6) is 0 Å². The van der Waals surface area contributed by atoms with Crippen molar-refractivity contribution in [3.8, 4) is 0 Å². The Hall–Kier alpha value is -1.36. The van der Waals surface area contributed by atoms with Gasteiger partial charge in [-0.2, -0.15) is 0 Å². The van der Waals surface area contributed by atoms with E-state index in [9.17, 15) is 4.79 Å². The molecule has 0 radical (unpaired) electrons. The second-order valence-corrected chi connectivity index (χ2v) is 4.43. The van der Waals surface area contributed by atoms with Gasteiger partial charge in [0.25, 0.3) is 5.91 Å². The SMILES string of the molecule is COCC[C@@H](C)NC(=O)c1cc(C(C)C)on1. The van der Waals surface area contributed by atoms with Crippen LogP contribution in [0.15, 0.2) is 10.6 Å². The molecule has 0 aliphatic heterocycles. The third-order valence-electron chi connectivity index (χ3n) is 2.46. The summed E-state index contributed by atoms with van der Waals surface area (Å²) < 4.78 is 10.0. The monoisotopic (exact) mass is 240 g/mol. The van der Waals surface area contributed by atoms with Crippen molar-refractivity contribution in [2.75, 3.05) is 13.7 Å². The molecule has 0 aliphatic carbocycles. The molecule has 1 aromatic heterocycles. The van der Waals surface area contributed by atoms with Gasteiger partial charge in [-0.05, 0) is 13.3 Å². The molecular weight excluding hydrogens is 220 g/mol. The highest BCUT2D eigenvalue weighted by Gasteiger charge is 2.15. The smallest absolute Gasteiger partial charge is 0.273 e. The number of methoxy groups -OCH3 is 1. The fourth-order valence-corrected chi connectivity index (χ4v) is 1.33. The first-order valence-corrected chi connectivity index (χ1v) is 5.81. The minimum absolute atomic E-state index is 0.0571. The summed E-state index contributed by atoms with van der Waals surface area (Å²) in [5.41, 5.74) is 0.331. The third kappa shape index (κ3) is 4.19. The van der Waals surface area contributed by atoms with E-state index in [1.54, 1.807) is 13.2 Å². The summed E-state index contributed by atoms with van der Waals surface area (Å²) in [6.45, 7) is 6.53. The Kier molecular flexibility index (Phi) is 5.15. The summed E-state index contributed by atoms with van der Waals surface area (Å²) in [6.07, 6.45) is 0.775. The normalized spacial score (nSPS) is 12.8. The molecule has 17 heavy (non-hydrogen) atoms. The summed E-state index contributed by atoms with van der Waals surface area (Å²) in [4.78, 5) is 11.8. The maximum Gasteiger partial charge on any atom is 0.273 e. The topological polar surface area (TPSA) is 64.4 Å². The predicted octanol–water partition coefficient (Wildman–Crippen LogP) is 1.95. The molecule has 0 saturated heterocycles. The van der Waals surface area contributed by atoms with E-state index in [-0.39, 0.29) is 17.9 Å². The van der Waals surface area contributed by atoms with Gasteiger partial charge in [0.1, 0.15) is 5.76 Å². The Bertz CT molecular complexity index is 360. The van der Waals surface area contributed by atoms with E-state index in [1.165, 1.54) is 0 Å². The van der Waals surface area contributed by atoms with E-state index in [0.717, 1.165) is 12.2 Å². The molecule has 96 valence electrons. The molecule has 0 spiro atoms. The largest absolute Gasteiger partial charge is 0.385 e. The van der Waals surface area contributed by atoms with Gasteiger partial charge < -0.3 is 14.6 Å². The van der Waals surface area contributed by atoms with Crippen molar-refractivity contribution in [2.45, 2.75) is 39.2 Å². The molecule has 5 heteroatoms. The number of nitrogens with zero attached hydrogens (tertiary/aromatic N) is 1. The quantitative estimate of drug-likeness (QED) is 0.825. The number of hydrogen-bond donors (Lipinski definition) is 1. The molecule has 0 aliphatic rings. The minimum atomic E-state index is -0.204. The fourth-order valence-electron chi connectivity index (χ4n) is 1.33. The van der Waals surface area contributed by atoms with E-state index in [0.29, 0.717) is 12.3 Å². The predicted molar refractivity (Wildman–Crippen MR) is 64.0 cm³/mol. The van der Waals surface area contributed by atoms with Crippen LogP contribution in [0.3, 0.4) is 0 Å². The molecule has 1 amide bonds. The number of rotatable bonds is 6. The van der Waals surface area contributed by atoms with Gasteiger partial charge in [-0.15, -0.1) is 0 Å². The van der Waals surface area contributed by atoms with Crippen molar-refractivity contribution in [2.24, 2.45) is 0 Å². The van der Waals surface area contributed by atoms with Gasteiger partial charge in [-0.25, -0.2) is 0 Å². The summed E-state index contributed by atoms with van der Waals surface area (Å²) in [5.74, 6) is 0.749. The first-order chi connectivity index (χ1) is 8.04. The summed E-state index contributed by atoms with van der Waals surface area (Å²) in [6, 6.07) is 1.74. The van der Waals surface area contributed by atoms with Gasteiger partial charge in [0, 0.05) is 31.7 Å². The lowest BCUT2D eigenvalue weighted by Gasteiger charge is -2.11. The lowest BCUT2D eigenvalue weighted by molar-refractivity contribution is 0.0920. The van der Waals surface area contributed by atoms with Crippen molar-refractivity contribution in [3.05, 3.63) is 17.5 Å². The number of amides is 1. The molecule has 5 nitrogen and oxygen atoms in total. The zero-order valence-electron chi connectivity index (χ0n) is 10.8. The summed E-state index contributed by atoms with van der Waals surface area (Å²) >= 11 is 0. The number of ether oxygens (including phenoxy) is 1. The van der Waals surface area contributed by atoms with Crippen LogP contribution in [0, 0.1) is 0 Å². The highest BCUT2D eigenvalue weighted by Crippen LogP contribution is 2.14. The van der Waals surface area contributed by atoms with Crippen molar-refractivity contribution >= 4 is 5.91 Å². The van der Waals surface area contributed by atoms with Gasteiger partial charge in [-0.3, -0.25) is 4.79 Å². The maximum absolute atomic E-state index is 11.8. The molecule has 1 N–H and O–H groups in total. The molecule has 0 unspecified atom stereocenters. The molecule has 1 heterocycles. The molecule has 1 rings (SSSR count). The first kappa shape index (κ1) is 13.7. The number of aromatic nitrogens is 1. The number of carbonyl (C=O) groups is 1. The highest BCUT2D eigenvalue weighted by atomic mass is 16.5. The van der Waals surface area contributed by atoms with Gasteiger partial charge in [0.05, 0.1) is 0 Å². The molecule has 0 fully saturated rings. The Morgan fingerprint density at radius 1 is 1.53 bits per heavy atom. The Morgan fingerprint density at radius 2 is 2.24 bits per heavy atom. The zero-order chi connectivity index (χ0) is 12.8. The number of hydrogen-bond acceptors (Lipinski definition) is 4. The number of carbonyl (C=O) groups excluding carboxylic acids is 1. The second kappa shape index (κ2) is 6.39. The Morgan fingerprint density at radius 3 is 2.76 bits per heavy atom. The summed E-state index contributed by atoms with van der Waals surface area (Å²) in [5, 5.41) is 6.59. The average molecular weight is 240 g/mol. The van der Waals surface area contributed by atoms with Crippen molar-refractivity contribution in [1.82, 2.24) is 10.5 Å². The second-order valence-electron chi connectivity index (χ2n) is 4.43. The average Bonchev–Trinajstić information content (AvgIpc) is 2.75. The highest BCUT2D eigenvalue weighted by molar-refractivity contribution is 5.92. The van der Waals surface area contributed by atoms with Crippen LogP contribution >= 0.6 is 0 Å². The first-order valence-electron chi connectivity index (χ1n) is 5.81. The molecule has 0 aromatic carbocycles. The van der Waals surface area contributed by atoms with Crippen LogP contribution in [0.2, 0.25) is 0 Å². The molecular formula is C12H20N2O3. The fraction of sp³-hybridized carbons (Fsp3) is 0.667. The van der Waals surface area contributed by atoms with Crippen molar-refractivity contribution in [3.63, 3.8) is 0 Å². The maximum atomic E-state index is 11.8. The van der Waals surface area contributed by atoms with Crippen molar-refractivity contribution < 1.29 is 14.1 Å². The zero-order valence-corrected chi connectivity index (χ0v) is 10.8. The van der Waals surface area contributed by atoms with Crippen LogP contribution in [0.1, 0.15) is 49.4 Å². The van der Waals surface area contributed by atoms with E-state index in [4.69, 9.17) is 9.26 Å². The molecule has 0 saturated carbocycles. The molecule has 1 atom stereocenters. The van der Waals surface area contributed by atoms with E-state index in [2.05, 4.69) is 10.5 Å². The van der Waals surface area contributed by atoms with Gasteiger partial charge in [0.2, 0.25) is 0 Å². The van der Waals surface area contributed by atoms with Crippen LogP contribution in [0.25, 0.3) is 0 Å². The third-order valence-corrected chi connectivity index (χ3v) is 2.46. The molecule has 1 aromatic rings. The van der Waals surface area contributed by atoms with E-state index in [1.807, 2.05) is 20.8 Å². The number of nitrogens with one attached hydrogen (secondary N) is 1. The van der Waals surface area contributed by atoms with Crippen LogP contribution in [0.4, 0.5) is 0 Å².